The number of primary amides is 1. The first-order valence-corrected chi connectivity index (χ1v) is 4.67. The van der Waals surface area contributed by atoms with Crippen molar-refractivity contribution in [1.29, 1.82) is 0 Å². The van der Waals surface area contributed by atoms with Crippen LogP contribution in [0.15, 0.2) is 24.3 Å². The summed E-state index contributed by atoms with van der Waals surface area (Å²) in [5.74, 6) is -0.584. The first-order chi connectivity index (χ1) is 7.59. The fourth-order valence-electron chi connectivity index (χ4n) is 1.42. The molecule has 1 amide bonds. The van der Waals surface area contributed by atoms with E-state index < -0.39 is 5.91 Å². The van der Waals surface area contributed by atoms with Crippen molar-refractivity contribution in [3.63, 3.8) is 0 Å². The molecule has 0 saturated heterocycles. The van der Waals surface area contributed by atoms with Gasteiger partial charge in [-0.1, -0.05) is 5.21 Å². The van der Waals surface area contributed by atoms with Gasteiger partial charge in [-0.05, 0) is 31.2 Å². The third kappa shape index (κ3) is 1.60. The minimum Gasteiger partial charge on any atom is -0.399 e. The second-order valence-electron chi connectivity index (χ2n) is 3.39. The topological polar surface area (TPSA) is 99.8 Å². The van der Waals surface area contributed by atoms with E-state index in [1.165, 1.54) is 0 Å². The highest BCUT2D eigenvalue weighted by Crippen LogP contribution is 2.13. The molecule has 1 aromatic carbocycles. The van der Waals surface area contributed by atoms with Crippen LogP contribution in [0.1, 0.15) is 16.2 Å². The van der Waals surface area contributed by atoms with Crippen LogP contribution in [0, 0.1) is 6.92 Å². The molecule has 0 aliphatic rings. The molecule has 1 heterocycles. The number of nitrogen functional groups attached to an aromatic ring is 1. The standard InChI is InChI=1S/C10H11N5O/c1-6-9(10(12)16)13-14-15(6)8-4-2-7(11)3-5-8/h2-5H,11H2,1H3,(H2,12,16). The number of anilines is 1. The number of rotatable bonds is 2. The van der Waals surface area contributed by atoms with Crippen LogP contribution in [0.2, 0.25) is 0 Å². The Hall–Kier alpha value is -2.37. The first-order valence-electron chi connectivity index (χ1n) is 4.67. The largest absolute Gasteiger partial charge is 0.399 e. The summed E-state index contributed by atoms with van der Waals surface area (Å²) < 4.78 is 1.54. The molecule has 0 spiro atoms. The van der Waals surface area contributed by atoms with Crippen LogP contribution in [0.3, 0.4) is 0 Å². The van der Waals surface area contributed by atoms with Gasteiger partial charge in [-0.2, -0.15) is 0 Å². The SMILES string of the molecule is Cc1c(C(N)=O)nnn1-c1ccc(N)cc1. The molecule has 0 unspecified atom stereocenters. The van der Waals surface area contributed by atoms with E-state index >= 15 is 0 Å². The van der Waals surface area contributed by atoms with Gasteiger partial charge in [0.2, 0.25) is 0 Å². The third-order valence-electron chi connectivity index (χ3n) is 2.27. The Balaban J connectivity index is 2.49. The second-order valence-corrected chi connectivity index (χ2v) is 3.39. The van der Waals surface area contributed by atoms with Crippen molar-refractivity contribution >= 4 is 11.6 Å². The maximum atomic E-state index is 11.0. The molecular weight excluding hydrogens is 206 g/mol. The van der Waals surface area contributed by atoms with Crippen LogP contribution >= 0.6 is 0 Å². The summed E-state index contributed by atoms with van der Waals surface area (Å²) in [4.78, 5) is 11.0. The summed E-state index contributed by atoms with van der Waals surface area (Å²) in [6, 6.07) is 7.09. The lowest BCUT2D eigenvalue weighted by Crippen LogP contribution is -2.13. The predicted octanol–water partition coefficient (Wildman–Crippen LogP) is 0.257. The average molecular weight is 217 g/mol. The van der Waals surface area contributed by atoms with Gasteiger partial charge >= 0.3 is 0 Å². The Kier molecular flexibility index (Phi) is 2.32. The van der Waals surface area contributed by atoms with Crippen LogP contribution in [0.25, 0.3) is 5.69 Å². The van der Waals surface area contributed by atoms with E-state index in [-0.39, 0.29) is 5.69 Å². The van der Waals surface area contributed by atoms with E-state index in [9.17, 15) is 4.79 Å². The quantitative estimate of drug-likeness (QED) is 0.704. The maximum Gasteiger partial charge on any atom is 0.271 e. The second kappa shape index (κ2) is 3.65. The number of carbonyl (C=O) groups is 1. The lowest BCUT2D eigenvalue weighted by atomic mass is 10.2. The minimum absolute atomic E-state index is 0.178. The lowest BCUT2D eigenvalue weighted by molar-refractivity contribution is 0.0995. The first kappa shape index (κ1) is 10.2. The highest BCUT2D eigenvalue weighted by atomic mass is 16.1. The van der Waals surface area contributed by atoms with Crippen molar-refractivity contribution in [3.8, 4) is 5.69 Å². The van der Waals surface area contributed by atoms with Crippen molar-refractivity contribution < 1.29 is 4.79 Å². The van der Waals surface area contributed by atoms with E-state index in [1.54, 1.807) is 35.9 Å². The molecule has 6 nitrogen and oxygen atoms in total. The molecule has 82 valence electrons. The van der Waals surface area contributed by atoms with Gasteiger partial charge in [0.05, 0.1) is 11.4 Å². The number of hydrogen-bond acceptors (Lipinski definition) is 4. The van der Waals surface area contributed by atoms with Crippen LogP contribution in [0.4, 0.5) is 5.69 Å². The summed E-state index contributed by atoms with van der Waals surface area (Å²) in [5.41, 5.74) is 13.0. The predicted molar refractivity (Wildman–Crippen MR) is 59.0 cm³/mol. The zero-order valence-electron chi connectivity index (χ0n) is 8.71. The molecule has 0 aliphatic carbocycles. The van der Waals surface area contributed by atoms with Crippen LogP contribution in [0.5, 0.6) is 0 Å². The molecule has 0 aliphatic heterocycles. The lowest BCUT2D eigenvalue weighted by Gasteiger charge is -2.03. The molecule has 6 heteroatoms. The molecule has 0 fully saturated rings. The van der Waals surface area contributed by atoms with Crippen molar-refractivity contribution in [2.24, 2.45) is 5.73 Å². The number of benzene rings is 1. The summed E-state index contributed by atoms with van der Waals surface area (Å²) in [6.45, 7) is 1.73. The molecule has 2 rings (SSSR count). The number of aromatic nitrogens is 3. The van der Waals surface area contributed by atoms with Crippen molar-refractivity contribution in [2.75, 3.05) is 5.73 Å². The highest BCUT2D eigenvalue weighted by molar-refractivity contribution is 5.91. The average Bonchev–Trinajstić information content (AvgIpc) is 2.61. The monoisotopic (exact) mass is 217 g/mol. The molecule has 2 aromatic rings. The Morgan fingerprint density at radius 3 is 2.44 bits per heavy atom. The molecule has 4 N–H and O–H groups in total. The van der Waals surface area contributed by atoms with Gasteiger partial charge in [0.1, 0.15) is 0 Å². The zero-order chi connectivity index (χ0) is 11.7. The fourth-order valence-corrected chi connectivity index (χ4v) is 1.42. The van der Waals surface area contributed by atoms with Gasteiger partial charge in [0.15, 0.2) is 5.69 Å². The van der Waals surface area contributed by atoms with Crippen molar-refractivity contribution in [1.82, 2.24) is 15.0 Å². The zero-order valence-corrected chi connectivity index (χ0v) is 8.71. The van der Waals surface area contributed by atoms with E-state index in [0.717, 1.165) is 5.69 Å². The van der Waals surface area contributed by atoms with Gasteiger partial charge in [-0.3, -0.25) is 4.79 Å². The number of nitrogens with zero attached hydrogens (tertiary/aromatic N) is 3. The summed E-state index contributed by atoms with van der Waals surface area (Å²) in [7, 11) is 0. The van der Waals surface area contributed by atoms with E-state index in [2.05, 4.69) is 10.3 Å². The van der Waals surface area contributed by atoms with Gasteiger partial charge in [-0.15, -0.1) is 5.10 Å². The van der Waals surface area contributed by atoms with Gasteiger partial charge in [0, 0.05) is 5.69 Å². The number of nitrogens with two attached hydrogens (primary N) is 2. The third-order valence-corrected chi connectivity index (χ3v) is 2.27. The normalized spacial score (nSPS) is 10.3. The van der Waals surface area contributed by atoms with E-state index in [1.807, 2.05) is 0 Å². The summed E-state index contributed by atoms with van der Waals surface area (Å²) in [5, 5.41) is 7.58. The molecule has 16 heavy (non-hydrogen) atoms. The van der Waals surface area contributed by atoms with Crippen LogP contribution in [-0.2, 0) is 0 Å². The molecule has 1 aromatic heterocycles. The number of amides is 1. The summed E-state index contributed by atoms with van der Waals surface area (Å²) in [6.07, 6.45) is 0. The smallest absolute Gasteiger partial charge is 0.271 e. The van der Waals surface area contributed by atoms with Crippen LogP contribution < -0.4 is 11.5 Å². The molecule has 0 atom stereocenters. The Morgan fingerprint density at radius 1 is 1.31 bits per heavy atom. The van der Waals surface area contributed by atoms with Crippen LogP contribution in [-0.4, -0.2) is 20.9 Å². The van der Waals surface area contributed by atoms with Gasteiger partial charge in [0.25, 0.3) is 5.91 Å². The number of hydrogen-bond donors (Lipinski definition) is 2. The van der Waals surface area contributed by atoms with E-state index in [4.69, 9.17) is 11.5 Å². The minimum atomic E-state index is -0.584. The highest BCUT2D eigenvalue weighted by Gasteiger charge is 2.13. The molecular formula is C10H11N5O. The molecule has 0 bridgehead atoms. The van der Waals surface area contributed by atoms with E-state index in [0.29, 0.717) is 11.4 Å². The maximum absolute atomic E-state index is 11.0. The molecule has 0 saturated carbocycles. The van der Waals surface area contributed by atoms with Gasteiger partial charge < -0.3 is 11.5 Å². The van der Waals surface area contributed by atoms with Crippen molar-refractivity contribution in [3.05, 3.63) is 35.7 Å². The summed E-state index contributed by atoms with van der Waals surface area (Å²) >= 11 is 0. The van der Waals surface area contributed by atoms with Crippen molar-refractivity contribution in [2.45, 2.75) is 6.92 Å². The molecule has 0 radical (unpaired) electrons. The number of carbonyl (C=O) groups excluding carboxylic acids is 1. The Labute approximate surface area is 91.9 Å². The Morgan fingerprint density at radius 2 is 1.94 bits per heavy atom. The van der Waals surface area contributed by atoms with Gasteiger partial charge in [-0.25, -0.2) is 4.68 Å². The Bertz CT molecular complexity index is 529. The fraction of sp³-hybridized carbons (Fsp3) is 0.100.